The molecule has 3 nitrogen and oxygen atoms in total. The van der Waals surface area contributed by atoms with Gasteiger partial charge in [-0.25, -0.2) is 9.82 Å². The fraction of sp³-hybridized carbons (Fsp3) is 0.0833. The van der Waals surface area contributed by atoms with Crippen LogP contribution in [0.4, 0.5) is 4.39 Å². The number of nitrogens with one attached hydrogen (secondary N) is 1. The monoisotopic (exact) mass is 329 g/mol. The summed E-state index contributed by atoms with van der Waals surface area (Å²) in [5, 5.41) is 0.588. The van der Waals surface area contributed by atoms with Crippen LogP contribution in [0.5, 0.6) is 0 Å². The van der Waals surface area contributed by atoms with Crippen molar-refractivity contribution in [3.63, 3.8) is 0 Å². The molecule has 0 amide bonds. The first-order valence-electron chi connectivity index (χ1n) is 5.14. The van der Waals surface area contributed by atoms with Crippen LogP contribution < -0.4 is 11.3 Å². The molecule has 0 fully saturated rings. The highest BCUT2D eigenvalue weighted by Crippen LogP contribution is 2.29. The molecule has 1 atom stereocenters. The van der Waals surface area contributed by atoms with E-state index >= 15 is 0 Å². The first-order valence-corrected chi connectivity index (χ1v) is 6.31. The molecule has 1 unspecified atom stereocenters. The van der Waals surface area contributed by atoms with E-state index < -0.39 is 11.9 Å². The van der Waals surface area contributed by atoms with Crippen LogP contribution in [0.15, 0.2) is 41.1 Å². The second-order valence-electron chi connectivity index (χ2n) is 3.67. The Morgan fingerprint density at radius 2 is 2.17 bits per heavy atom. The molecule has 1 aromatic heterocycles. The molecule has 0 spiro atoms. The van der Waals surface area contributed by atoms with Crippen molar-refractivity contribution in [1.82, 2.24) is 10.4 Å². The Morgan fingerprint density at radius 1 is 1.39 bits per heavy atom. The molecule has 94 valence electrons. The van der Waals surface area contributed by atoms with Gasteiger partial charge in [0.2, 0.25) is 0 Å². The van der Waals surface area contributed by atoms with Crippen molar-refractivity contribution in [1.29, 1.82) is 0 Å². The topological polar surface area (TPSA) is 50.9 Å². The second kappa shape index (κ2) is 5.75. The molecular weight excluding hydrogens is 321 g/mol. The van der Waals surface area contributed by atoms with E-state index in [1.165, 1.54) is 6.20 Å². The predicted molar refractivity (Wildman–Crippen MR) is 72.5 cm³/mol. The maximum Gasteiger partial charge on any atom is 0.146 e. The number of rotatable bonds is 3. The van der Waals surface area contributed by atoms with Gasteiger partial charge >= 0.3 is 0 Å². The molecule has 0 aliphatic carbocycles. The quantitative estimate of drug-likeness (QED) is 0.671. The van der Waals surface area contributed by atoms with E-state index in [-0.39, 0.29) is 0 Å². The van der Waals surface area contributed by atoms with E-state index in [1.807, 2.05) is 0 Å². The molecule has 0 radical (unpaired) electrons. The lowest BCUT2D eigenvalue weighted by molar-refractivity contribution is 0.555. The van der Waals surface area contributed by atoms with Gasteiger partial charge in [0.1, 0.15) is 5.82 Å². The molecule has 2 rings (SSSR count). The molecule has 0 saturated heterocycles. The number of nitrogens with two attached hydrogens (primary N) is 1. The molecule has 0 aliphatic heterocycles. The van der Waals surface area contributed by atoms with Gasteiger partial charge < -0.3 is 0 Å². The molecule has 1 heterocycles. The lowest BCUT2D eigenvalue weighted by Gasteiger charge is -2.17. The number of nitrogens with zero attached hydrogens (tertiary/aromatic N) is 1. The Hall–Kier alpha value is -1.01. The van der Waals surface area contributed by atoms with Gasteiger partial charge in [0, 0.05) is 16.2 Å². The number of halogens is 3. The summed E-state index contributed by atoms with van der Waals surface area (Å²) >= 11 is 9.25. The molecule has 0 aliphatic rings. The normalized spacial score (nSPS) is 12.4. The van der Waals surface area contributed by atoms with Gasteiger partial charge in [-0.05, 0) is 39.7 Å². The average Bonchev–Trinajstić information content (AvgIpc) is 2.37. The third kappa shape index (κ3) is 2.70. The smallest absolute Gasteiger partial charge is 0.146 e. The standard InChI is InChI=1S/C12H10BrClFN3/c13-9-5-7(1-2-10(9)14)12(18-16)8-3-4-17-6-11(8)15/h1-6,12,18H,16H2. The Kier molecular flexibility index (Phi) is 4.29. The van der Waals surface area contributed by atoms with Crippen molar-refractivity contribution in [2.75, 3.05) is 0 Å². The summed E-state index contributed by atoms with van der Waals surface area (Å²) in [4.78, 5) is 3.71. The summed E-state index contributed by atoms with van der Waals surface area (Å²) in [7, 11) is 0. The number of aromatic nitrogens is 1. The lowest BCUT2D eigenvalue weighted by Crippen LogP contribution is -2.29. The Bertz CT molecular complexity index is 565. The fourth-order valence-corrected chi connectivity index (χ4v) is 2.19. The van der Waals surface area contributed by atoms with E-state index in [4.69, 9.17) is 17.4 Å². The number of hydrogen-bond donors (Lipinski definition) is 2. The number of hydrogen-bond acceptors (Lipinski definition) is 3. The van der Waals surface area contributed by atoms with Crippen LogP contribution in [0.3, 0.4) is 0 Å². The van der Waals surface area contributed by atoms with Crippen LogP contribution in [0.25, 0.3) is 0 Å². The summed E-state index contributed by atoms with van der Waals surface area (Å²) < 4.78 is 14.4. The Labute approximate surface area is 117 Å². The third-order valence-corrected chi connectivity index (χ3v) is 3.77. The van der Waals surface area contributed by atoms with Gasteiger partial charge in [-0.15, -0.1) is 0 Å². The first kappa shape index (κ1) is 13.4. The van der Waals surface area contributed by atoms with Crippen LogP contribution in [-0.2, 0) is 0 Å². The minimum Gasteiger partial charge on any atom is -0.271 e. The first-order chi connectivity index (χ1) is 8.63. The van der Waals surface area contributed by atoms with Crippen LogP contribution in [0, 0.1) is 5.82 Å². The van der Waals surface area contributed by atoms with Crippen molar-refractivity contribution in [3.8, 4) is 0 Å². The van der Waals surface area contributed by atoms with Crippen LogP contribution in [0.1, 0.15) is 17.2 Å². The highest BCUT2D eigenvalue weighted by Gasteiger charge is 2.17. The van der Waals surface area contributed by atoms with Crippen LogP contribution in [-0.4, -0.2) is 4.98 Å². The zero-order valence-electron chi connectivity index (χ0n) is 9.20. The van der Waals surface area contributed by atoms with Crippen molar-refractivity contribution in [3.05, 3.63) is 63.1 Å². The van der Waals surface area contributed by atoms with Gasteiger partial charge in [-0.1, -0.05) is 17.7 Å². The lowest BCUT2D eigenvalue weighted by atomic mass is 10.00. The van der Waals surface area contributed by atoms with Crippen molar-refractivity contribution < 1.29 is 4.39 Å². The van der Waals surface area contributed by atoms with Crippen LogP contribution in [0.2, 0.25) is 5.02 Å². The van der Waals surface area contributed by atoms with Crippen LogP contribution >= 0.6 is 27.5 Å². The molecule has 6 heteroatoms. The van der Waals surface area contributed by atoms with E-state index in [1.54, 1.807) is 24.3 Å². The van der Waals surface area contributed by atoms with E-state index in [0.717, 1.165) is 16.2 Å². The average molecular weight is 331 g/mol. The minimum absolute atomic E-state index is 0.411. The summed E-state index contributed by atoms with van der Waals surface area (Å²) in [6.45, 7) is 0. The van der Waals surface area contributed by atoms with Crippen molar-refractivity contribution >= 4 is 27.5 Å². The highest BCUT2D eigenvalue weighted by atomic mass is 79.9. The van der Waals surface area contributed by atoms with Gasteiger partial charge in [0.05, 0.1) is 17.3 Å². The molecule has 2 aromatic rings. The third-order valence-electron chi connectivity index (χ3n) is 2.56. The van der Waals surface area contributed by atoms with Crippen molar-refractivity contribution in [2.45, 2.75) is 6.04 Å². The number of benzene rings is 1. The summed E-state index contributed by atoms with van der Waals surface area (Å²) in [5.41, 5.74) is 3.83. The van der Waals surface area contributed by atoms with E-state index in [2.05, 4.69) is 26.3 Å². The minimum atomic E-state index is -0.457. The summed E-state index contributed by atoms with van der Waals surface area (Å²) in [6, 6.07) is 6.44. The van der Waals surface area contributed by atoms with Gasteiger partial charge in [-0.2, -0.15) is 0 Å². The molecule has 1 aromatic carbocycles. The Balaban J connectivity index is 2.45. The van der Waals surface area contributed by atoms with E-state index in [9.17, 15) is 4.39 Å². The molecule has 0 bridgehead atoms. The maximum absolute atomic E-state index is 13.7. The Morgan fingerprint density at radius 3 is 2.78 bits per heavy atom. The number of pyridine rings is 1. The number of hydrazine groups is 1. The molecule has 0 saturated carbocycles. The van der Waals surface area contributed by atoms with Gasteiger partial charge in [0.15, 0.2) is 0 Å². The fourth-order valence-electron chi connectivity index (χ4n) is 1.68. The summed E-state index contributed by atoms with van der Waals surface area (Å²) in [6.07, 6.45) is 2.68. The predicted octanol–water partition coefficient (Wildman–Crippen LogP) is 3.19. The summed E-state index contributed by atoms with van der Waals surface area (Å²) in [5.74, 6) is 5.10. The zero-order chi connectivity index (χ0) is 13.1. The molecule has 3 N–H and O–H groups in total. The highest BCUT2D eigenvalue weighted by molar-refractivity contribution is 9.10. The van der Waals surface area contributed by atoms with Gasteiger partial charge in [-0.3, -0.25) is 10.8 Å². The van der Waals surface area contributed by atoms with Crippen molar-refractivity contribution in [2.24, 2.45) is 5.84 Å². The largest absolute Gasteiger partial charge is 0.271 e. The molecular formula is C12H10BrClFN3. The molecule has 18 heavy (non-hydrogen) atoms. The maximum atomic E-state index is 13.7. The second-order valence-corrected chi connectivity index (χ2v) is 4.93. The van der Waals surface area contributed by atoms with E-state index in [0.29, 0.717) is 10.6 Å². The SMILES string of the molecule is NNC(c1ccc(Cl)c(Br)c1)c1ccncc1F. The zero-order valence-corrected chi connectivity index (χ0v) is 11.5. The van der Waals surface area contributed by atoms with Gasteiger partial charge in [0.25, 0.3) is 0 Å².